The summed E-state index contributed by atoms with van der Waals surface area (Å²) >= 11 is 0. The van der Waals surface area contributed by atoms with Gasteiger partial charge in [-0.2, -0.15) is 0 Å². The van der Waals surface area contributed by atoms with Crippen LogP contribution in [0.1, 0.15) is 5.56 Å². The molecule has 0 amide bonds. The van der Waals surface area contributed by atoms with Crippen LogP contribution in [0, 0.1) is 12.7 Å². The van der Waals surface area contributed by atoms with E-state index in [2.05, 4.69) is 4.98 Å². The molecule has 1 heterocycles. The van der Waals surface area contributed by atoms with Crippen LogP contribution in [-0.2, 0) is 0 Å². The third-order valence-corrected chi connectivity index (χ3v) is 2.60. The van der Waals surface area contributed by atoms with Gasteiger partial charge >= 0.3 is 0 Å². The minimum absolute atomic E-state index is 0.270. The first-order chi connectivity index (χ1) is 8.09. The van der Waals surface area contributed by atoms with Gasteiger partial charge < -0.3 is 10.6 Å². The summed E-state index contributed by atoms with van der Waals surface area (Å²) in [5.41, 5.74) is 7.65. The molecule has 0 bridgehead atoms. The number of aromatic nitrogens is 1. The second kappa shape index (κ2) is 4.41. The van der Waals surface area contributed by atoms with Crippen LogP contribution in [0.5, 0.6) is 0 Å². The highest BCUT2D eigenvalue weighted by Crippen LogP contribution is 2.27. The van der Waals surface area contributed by atoms with Gasteiger partial charge in [0.25, 0.3) is 0 Å². The fourth-order valence-electron chi connectivity index (χ4n) is 1.78. The second-order valence-corrected chi connectivity index (χ2v) is 3.92. The average molecular weight is 231 g/mol. The van der Waals surface area contributed by atoms with Gasteiger partial charge in [-0.1, -0.05) is 12.1 Å². The lowest BCUT2D eigenvalue weighted by Crippen LogP contribution is -2.14. The van der Waals surface area contributed by atoms with E-state index in [0.29, 0.717) is 17.2 Å². The molecular formula is C13H14FN3. The minimum atomic E-state index is -0.270. The van der Waals surface area contributed by atoms with Crippen LogP contribution in [0.15, 0.2) is 36.5 Å². The van der Waals surface area contributed by atoms with E-state index in [9.17, 15) is 4.39 Å². The van der Waals surface area contributed by atoms with Gasteiger partial charge in [-0.25, -0.2) is 9.37 Å². The van der Waals surface area contributed by atoms with Gasteiger partial charge in [0.1, 0.15) is 11.6 Å². The van der Waals surface area contributed by atoms with Crippen LogP contribution in [0.3, 0.4) is 0 Å². The van der Waals surface area contributed by atoms with E-state index in [0.717, 1.165) is 5.56 Å². The number of hydrogen-bond acceptors (Lipinski definition) is 3. The zero-order valence-electron chi connectivity index (χ0n) is 9.81. The molecule has 0 atom stereocenters. The van der Waals surface area contributed by atoms with Crippen LogP contribution >= 0.6 is 0 Å². The number of aryl methyl sites for hydroxylation is 1. The van der Waals surface area contributed by atoms with Crippen LogP contribution in [0.25, 0.3) is 0 Å². The Morgan fingerprint density at radius 3 is 2.65 bits per heavy atom. The molecule has 0 fully saturated rings. The Kier molecular flexibility index (Phi) is 2.95. The topological polar surface area (TPSA) is 42.1 Å². The van der Waals surface area contributed by atoms with Crippen molar-refractivity contribution in [3.05, 3.63) is 47.9 Å². The SMILES string of the molecule is Cc1cc(N)cnc1N(C)c1ccccc1F. The van der Waals surface area contributed by atoms with Crippen molar-refractivity contribution in [1.82, 2.24) is 4.98 Å². The fraction of sp³-hybridized carbons (Fsp3) is 0.154. The molecule has 0 spiro atoms. The number of halogens is 1. The molecule has 1 aromatic carbocycles. The Hall–Kier alpha value is -2.10. The molecule has 2 rings (SSSR count). The maximum absolute atomic E-state index is 13.6. The van der Waals surface area contributed by atoms with Crippen LogP contribution < -0.4 is 10.6 Å². The summed E-state index contributed by atoms with van der Waals surface area (Å²) in [5.74, 6) is 0.428. The van der Waals surface area contributed by atoms with Gasteiger partial charge in [0.2, 0.25) is 0 Å². The van der Waals surface area contributed by atoms with E-state index in [1.54, 1.807) is 36.3 Å². The van der Waals surface area contributed by atoms with Gasteiger partial charge in [-0.05, 0) is 30.7 Å². The molecule has 88 valence electrons. The molecule has 1 aromatic heterocycles. The number of benzene rings is 1. The smallest absolute Gasteiger partial charge is 0.146 e. The lowest BCUT2D eigenvalue weighted by Gasteiger charge is -2.20. The molecule has 0 aliphatic heterocycles. The summed E-state index contributed by atoms with van der Waals surface area (Å²) in [7, 11) is 1.78. The normalized spacial score (nSPS) is 10.3. The molecule has 2 aromatic rings. The van der Waals surface area contributed by atoms with Crippen molar-refractivity contribution in [2.75, 3.05) is 17.7 Å². The summed E-state index contributed by atoms with van der Waals surface area (Å²) in [6.07, 6.45) is 1.57. The van der Waals surface area contributed by atoms with E-state index in [4.69, 9.17) is 5.73 Å². The Balaban J connectivity index is 2.44. The monoisotopic (exact) mass is 231 g/mol. The van der Waals surface area contributed by atoms with Crippen LogP contribution in [0.4, 0.5) is 21.6 Å². The molecule has 3 nitrogen and oxygen atoms in total. The molecule has 17 heavy (non-hydrogen) atoms. The lowest BCUT2D eigenvalue weighted by molar-refractivity contribution is 0.627. The number of nitrogens with two attached hydrogens (primary N) is 1. The predicted octanol–water partition coefficient (Wildman–Crippen LogP) is 2.88. The number of pyridine rings is 1. The first-order valence-corrected chi connectivity index (χ1v) is 5.30. The first kappa shape index (κ1) is 11.4. The Bertz CT molecular complexity index is 540. The largest absolute Gasteiger partial charge is 0.397 e. The number of para-hydroxylation sites is 1. The summed E-state index contributed by atoms with van der Waals surface area (Å²) in [6.45, 7) is 1.90. The van der Waals surface area contributed by atoms with Gasteiger partial charge in [0.05, 0.1) is 17.6 Å². The maximum Gasteiger partial charge on any atom is 0.146 e. The molecule has 0 saturated heterocycles. The van der Waals surface area contributed by atoms with E-state index in [-0.39, 0.29) is 5.82 Å². The number of anilines is 3. The summed E-state index contributed by atoms with van der Waals surface area (Å²) in [6, 6.07) is 8.42. The molecule has 0 unspecified atom stereocenters. The first-order valence-electron chi connectivity index (χ1n) is 5.30. The van der Waals surface area contributed by atoms with Gasteiger partial charge in [0.15, 0.2) is 0 Å². The summed E-state index contributed by atoms with van der Waals surface area (Å²) in [5, 5.41) is 0. The zero-order chi connectivity index (χ0) is 12.4. The van der Waals surface area contributed by atoms with Crippen molar-refractivity contribution in [2.45, 2.75) is 6.92 Å². The van der Waals surface area contributed by atoms with Crippen molar-refractivity contribution in [2.24, 2.45) is 0 Å². The summed E-state index contributed by atoms with van der Waals surface area (Å²) in [4.78, 5) is 5.94. The Morgan fingerprint density at radius 2 is 2.00 bits per heavy atom. The van der Waals surface area contributed by atoms with Crippen molar-refractivity contribution < 1.29 is 4.39 Å². The van der Waals surface area contributed by atoms with Gasteiger partial charge in [-0.3, -0.25) is 0 Å². The molecule has 0 radical (unpaired) electrons. The molecule has 0 aliphatic carbocycles. The molecule has 0 aliphatic rings. The minimum Gasteiger partial charge on any atom is -0.397 e. The molecule has 2 N–H and O–H groups in total. The van der Waals surface area contributed by atoms with E-state index < -0.39 is 0 Å². The average Bonchev–Trinajstić information content (AvgIpc) is 2.29. The number of nitrogen functional groups attached to an aromatic ring is 1. The molecular weight excluding hydrogens is 217 g/mol. The van der Waals surface area contributed by atoms with Crippen molar-refractivity contribution >= 4 is 17.2 Å². The second-order valence-electron chi connectivity index (χ2n) is 3.92. The highest BCUT2D eigenvalue weighted by atomic mass is 19.1. The summed E-state index contributed by atoms with van der Waals surface area (Å²) < 4.78 is 13.6. The number of nitrogens with zero attached hydrogens (tertiary/aromatic N) is 2. The fourth-order valence-corrected chi connectivity index (χ4v) is 1.78. The number of rotatable bonds is 2. The highest BCUT2D eigenvalue weighted by molar-refractivity contribution is 5.64. The standard InChI is InChI=1S/C13H14FN3/c1-9-7-10(15)8-16-13(9)17(2)12-6-4-3-5-11(12)14/h3-8H,15H2,1-2H3. The van der Waals surface area contributed by atoms with E-state index >= 15 is 0 Å². The van der Waals surface area contributed by atoms with E-state index in [1.807, 2.05) is 13.0 Å². The highest BCUT2D eigenvalue weighted by Gasteiger charge is 2.11. The third kappa shape index (κ3) is 2.20. The van der Waals surface area contributed by atoms with Crippen LogP contribution in [0.2, 0.25) is 0 Å². The van der Waals surface area contributed by atoms with Gasteiger partial charge in [-0.15, -0.1) is 0 Å². The molecule has 0 saturated carbocycles. The Morgan fingerprint density at radius 1 is 1.29 bits per heavy atom. The number of hydrogen-bond donors (Lipinski definition) is 1. The zero-order valence-corrected chi connectivity index (χ0v) is 9.81. The maximum atomic E-state index is 13.6. The predicted molar refractivity (Wildman–Crippen MR) is 67.8 cm³/mol. The lowest BCUT2D eigenvalue weighted by atomic mass is 10.2. The van der Waals surface area contributed by atoms with Gasteiger partial charge in [0, 0.05) is 7.05 Å². The quantitative estimate of drug-likeness (QED) is 0.864. The van der Waals surface area contributed by atoms with E-state index in [1.165, 1.54) is 6.07 Å². The van der Waals surface area contributed by atoms with Crippen molar-refractivity contribution in [3.63, 3.8) is 0 Å². The molecule has 4 heteroatoms. The third-order valence-electron chi connectivity index (χ3n) is 2.60. The Labute approximate surface area is 99.7 Å². The van der Waals surface area contributed by atoms with Crippen molar-refractivity contribution in [1.29, 1.82) is 0 Å². The van der Waals surface area contributed by atoms with Crippen LogP contribution in [-0.4, -0.2) is 12.0 Å². The van der Waals surface area contributed by atoms with Crippen molar-refractivity contribution in [3.8, 4) is 0 Å².